The van der Waals surface area contributed by atoms with Crippen molar-refractivity contribution in [3.8, 4) is 0 Å². The van der Waals surface area contributed by atoms with Gasteiger partial charge >= 0.3 is 0 Å². The Balaban J connectivity index is 1.69. The molecule has 1 unspecified atom stereocenters. The predicted molar refractivity (Wildman–Crippen MR) is 129 cm³/mol. The lowest BCUT2D eigenvalue weighted by Gasteiger charge is -2.77. The number of rotatable bonds is 2. The number of allylic oxidation sites excluding steroid dienone is 2. The van der Waals surface area contributed by atoms with Crippen LogP contribution in [0.1, 0.15) is 120 Å². The Kier molecular flexibility index (Phi) is 4.61. The standard InChI is InChI=1S/C30H50/c1-20(2)10-11-23-21(3)22-12-18-29(8)28(22,7)17-13-25-27(6)16-9-15-26(4,5)24(27)14-19-30(23,25)29/h10,21-25H,9,11-19H2,1-8H3/t21-,22-,23-,24-,25+,27-,28-,29-,30?/m0/s1. The average molecular weight is 411 g/mol. The van der Waals surface area contributed by atoms with Gasteiger partial charge in [0.2, 0.25) is 0 Å². The summed E-state index contributed by atoms with van der Waals surface area (Å²) in [6, 6.07) is 0. The SMILES string of the molecule is CC(C)=CC[C@H]1[C@@H](C)[C@@H]2CC[C@]3(C)C14CC[C@H]1C(C)(C)CCC[C@]1(C)[C@H]4CC[C@@]23C. The summed E-state index contributed by atoms with van der Waals surface area (Å²) in [5.74, 6) is 4.68. The third-order valence-corrected chi connectivity index (χ3v) is 13.3. The molecule has 170 valence electrons. The third kappa shape index (κ3) is 2.31. The van der Waals surface area contributed by atoms with Crippen molar-refractivity contribution in [3.05, 3.63) is 11.6 Å². The third-order valence-electron chi connectivity index (χ3n) is 13.3. The highest BCUT2D eigenvalue weighted by Gasteiger charge is 2.77. The summed E-state index contributed by atoms with van der Waals surface area (Å²) in [5.41, 5.74) is 4.40. The Morgan fingerprint density at radius 3 is 2.23 bits per heavy atom. The zero-order chi connectivity index (χ0) is 21.7. The van der Waals surface area contributed by atoms with Crippen LogP contribution in [0.3, 0.4) is 0 Å². The normalized spacial score (nSPS) is 56.1. The molecule has 0 nitrogen and oxygen atoms in total. The molecule has 0 amide bonds. The lowest BCUT2D eigenvalue weighted by molar-refractivity contribution is -0.288. The van der Waals surface area contributed by atoms with Crippen molar-refractivity contribution in [2.75, 3.05) is 0 Å². The second-order valence-electron chi connectivity index (χ2n) is 14.4. The summed E-state index contributed by atoms with van der Waals surface area (Å²) in [6.45, 7) is 21.0. The van der Waals surface area contributed by atoms with Crippen LogP contribution in [-0.2, 0) is 0 Å². The fourth-order valence-electron chi connectivity index (χ4n) is 12.1. The van der Waals surface area contributed by atoms with Crippen LogP contribution in [0.2, 0.25) is 0 Å². The highest BCUT2D eigenvalue weighted by molar-refractivity contribution is 5.26. The molecule has 5 aliphatic rings. The van der Waals surface area contributed by atoms with Gasteiger partial charge in [0.25, 0.3) is 0 Å². The van der Waals surface area contributed by atoms with Gasteiger partial charge < -0.3 is 0 Å². The fraction of sp³-hybridized carbons (Fsp3) is 0.933. The van der Waals surface area contributed by atoms with E-state index in [1.807, 2.05) is 0 Å². The summed E-state index contributed by atoms with van der Waals surface area (Å²) in [6.07, 6.45) is 17.5. The first-order chi connectivity index (χ1) is 13.9. The van der Waals surface area contributed by atoms with Crippen molar-refractivity contribution in [1.82, 2.24) is 0 Å². The second-order valence-corrected chi connectivity index (χ2v) is 14.4. The molecule has 0 N–H and O–H groups in total. The van der Waals surface area contributed by atoms with Crippen LogP contribution in [0.25, 0.3) is 0 Å². The molecule has 0 heterocycles. The van der Waals surface area contributed by atoms with Gasteiger partial charge in [-0.1, -0.05) is 59.6 Å². The monoisotopic (exact) mass is 410 g/mol. The van der Waals surface area contributed by atoms with Gasteiger partial charge in [0, 0.05) is 0 Å². The van der Waals surface area contributed by atoms with Gasteiger partial charge in [0.15, 0.2) is 0 Å². The number of fused-ring (bicyclic) bond motifs is 2. The summed E-state index contributed by atoms with van der Waals surface area (Å²) in [5, 5.41) is 0. The van der Waals surface area contributed by atoms with Crippen LogP contribution in [0.5, 0.6) is 0 Å². The summed E-state index contributed by atoms with van der Waals surface area (Å²) >= 11 is 0. The minimum Gasteiger partial charge on any atom is -0.0856 e. The van der Waals surface area contributed by atoms with Crippen LogP contribution in [0.4, 0.5) is 0 Å². The Bertz CT molecular complexity index is 739. The molecule has 5 fully saturated rings. The van der Waals surface area contributed by atoms with Crippen molar-refractivity contribution >= 4 is 0 Å². The second kappa shape index (κ2) is 6.41. The summed E-state index contributed by atoms with van der Waals surface area (Å²) < 4.78 is 0. The topological polar surface area (TPSA) is 0 Å². The van der Waals surface area contributed by atoms with Crippen molar-refractivity contribution < 1.29 is 0 Å². The molecule has 5 aliphatic carbocycles. The van der Waals surface area contributed by atoms with Gasteiger partial charge in [-0.2, -0.15) is 0 Å². The quantitative estimate of drug-likeness (QED) is 0.398. The molecule has 0 aromatic rings. The van der Waals surface area contributed by atoms with E-state index in [0.717, 1.165) is 29.6 Å². The predicted octanol–water partition coefficient (Wildman–Crippen LogP) is 9.05. The molecule has 5 rings (SSSR count). The van der Waals surface area contributed by atoms with Gasteiger partial charge in [-0.25, -0.2) is 0 Å². The van der Waals surface area contributed by atoms with E-state index >= 15 is 0 Å². The highest BCUT2D eigenvalue weighted by atomic mass is 14.8. The maximum absolute atomic E-state index is 2.82. The largest absolute Gasteiger partial charge is 0.0856 e. The molecular formula is C30H50. The molecule has 5 saturated carbocycles. The molecule has 0 aliphatic heterocycles. The molecule has 0 radical (unpaired) electrons. The van der Waals surface area contributed by atoms with E-state index in [1.165, 1.54) is 69.8 Å². The lowest BCUT2D eigenvalue weighted by atomic mass is 9.27. The van der Waals surface area contributed by atoms with Gasteiger partial charge in [-0.05, 0) is 128 Å². The maximum atomic E-state index is 2.82. The van der Waals surface area contributed by atoms with E-state index in [-0.39, 0.29) is 0 Å². The molecule has 0 heteroatoms. The lowest BCUT2D eigenvalue weighted by Crippen LogP contribution is -2.71. The van der Waals surface area contributed by atoms with E-state index in [2.05, 4.69) is 61.5 Å². The molecule has 9 atom stereocenters. The minimum atomic E-state index is 0.546. The number of hydrogen-bond acceptors (Lipinski definition) is 0. The molecule has 4 bridgehead atoms. The summed E-state index contributed by atoms with van der Waals surface area (Å²) in [4.78, 5) is 0. The Morgan fingerprint density at radius 1 is 0.833 bits per heavy atom. The van der Waals surface area contributed by atoms with Crippen molar-refractivity contribution in [2.45, 2.75) is 120 Å². The van der Waals surface area contributed by atoms with E-state index in [1.54, 1.807) is 0 Å². The smallest absolute Gasteiger partial charge is 0.0171 e. The zero-order valence-electron chi connectivity index (χ0n) is 21.5. The molecule has 1 spiro atoms. The van der Waals surface area contributed by atoms with Crippen molar-refractivity contribution in [3.63, 3.8) is 0 Å². The highest BCUT2D eigenvalue weighted by Crippen LogP contribution is 2.84. The minimum absolute atomic E-state index is 0.546. The van der Waals surface area contributed by atoms with Gasteiger partial charge in [0.05, 0.1) is 0 Å². The molecule has 0 aromatic heterocycles. The van der Waals surface area contributed by atoms with Gasteiger partial charge in [0.1, 0.15) is 0 Å². The first-order valence-corrected chi connectivity index (χ1v) is 13.6. The van der Waals surface area contributed by atoms with E-state index in [0.29, 0.717) is 27.1 Å². The van der Waals surface area contributed by atoms with E-state index in [4.69, 9.17) is 0 Å². The van der Waals surface area contributed by atoms with Crippen LogP contribution in [0.15, 0.2) is 11.6 Å². The van der Waals surface area contributed by atoms with Crippen LogP contribution < -0.4 is 0 Å². The maximum Gasteiger partial charge on any atom is -0.0171 e. The first-order valence-electron chi connectivity index (χ1n) is 13.6. The zero-order valence-corrected chi connectivity index (χ0v) is 21.5. The molecule has 30 heavy (non-hydrogen) atoms. The first kappa shape index (κ1) is 21.6. The Morgan fingerprint density at radius 2 is 1.53 bits per heavy atom. The van der Waals surface area contributed by atoms with Gasteiger partial charge in [-0.15, -0.1) is 0 Å². The van der Waals surface area contributed by atoms with Crippen LogP contribution in [-0.4, -0.2) is 0 Å². The molecule has 0 saturated heterocycles. The fourth-order valence-corrected chi connectivity index (χ4v) is 12.1. The Hall–Kier alpha value is -0.260. The van der Waals surface area contributed by atoms with Crippen LogP contribution >= 0.6 is 0 Å². The van der Waals surface area contributed by atoms with Crippen LogP contribution in [0, 0.1) is 56.7 Å². The average Bonchev–Trinajstić information content (AvgIpc) is 2.87. The van der Waals surface area contributed by atoms with E-state index < -0.39 is 0 Å². The van der Waals surface area contributed by atoms with Gasteiger partial charge in [-0.3, -0.25) is 0 Å². The van der Waals surface area contributed by atoms with E-state index in [9.17, 15) is 0 Å². The Labute approximate surface area is 188 Å². The van der Waals surface area contributed by atoms with Crippen molar-refractivity contribution in [2.24, 2.45) is 56.7 Å². The van der Waals surface area contributed by atoms with Crippen molar-refractivity contribution in [1.29, 1.82) is 0 Å². The molecule has 0 aromatic carbocycles. The number of hydrogen-bond donors (Lipinski definition) is 0. The molecular weight excluding hydrogens is 360 g/mol. The summed E-state index contributed by atoms with van der Waals surface area (Å²) in [7, 11) is 0.